The molecule has 8 aromatic rings. The van der Waals surface area contributed by atoms with Gasteiger partial charge in [-0.3, -0.25) is 19.2 Å². The van der Waals surface area contributed by atoms with Crippen LogP contribution in [0.5, 0.6) is 23.0 Å². The van der Waals surface area contributed by atoms with Crippen LogP contribution in [0.4, 0.5) is 0 Å². The van der Waals surface area contributed by atoms with E-state index in [-0.39, 0.29) is 46.1 Å². The largest absolute Gasteiger partial charge is 0.507 e. The second-order valence-electron chi connectivity index (χ2n) is 16.5. The highest BCUT2D eigenvalue weighted by Crippen LogP contribution is 2.39. The normalized spacial score (nSPS) is 14.7. The average molecular weight is 917 g/mol. The van der Waals surface area contributed by atoms with Gasteiger partial charge in [0.2, 0.25) is 0 Å². The van der Waals surface area contributed by atoms with Crippen molar-refractivity contribution in [2.45, 2.75) is 77.0 Å². The van der Waals surface area contributed by atoms with Gasteiger partial charge < -0.3 is 38.5 Å². The van der Waals surface area contributed by atoms with E-state index in [2.05, 4.69) is 20.6 Å². The smallest absolute Gasteiger partial charge is 0.168 e. The fourth-order valence-electron chi connectivity index (χ4n) is 8.70. The summed E-state index contributed by atoms with van der Waals surface area (Å²) >= 11 is 0. The number of benzene rings is 4. The molecule has 0 fully saturated rings. The van der Waals surface area contributed by atoms with Crippen LogP contribution in [-0.4, -0.2) is 64.2 Å². The molecule has 0 atom stereocenters. The van der Waals surface area contributed by atoms with Crippen LogP contribution >= 0.6 is 0 Å². The number of hydrogen-bond acceptors (Lipinski definition) is 16. The molecule has 0 unspecified atom stereocenters. The van der Waals surface area contributed by atoms with Crippen LogP contribution in [0.25, 0.3) is 45.0 Å². The number of phenols is 4. The molecule has 68 heavy (non-hydrogen) atoms. The second kappa shape index (κ2) is 19.6. The van der Waals surface area contributed by atoms with Crippen LogP contribution < -0.4 is 0 Å². The summed E-state index contributed by atoms with van der Waals surface area (Å²) in [5, 5.41) is 54.8. The summed E-state index contributed by atoms with van der Waals surface area (Å²) in [4.78, 5) is 47.5. The van der Waals surface area contributed by atoms with Crippen LogP contribution in [0.2, 0.25) is 0 Å². The van der Waals surface area contributed by atoms with Crippen LogP contribution in [0.15, 0.2) is 115 Å². The zero-order valence-electron chi connectivity index (χ0n) is 36.6. The number of nitrogens with zero attached hydrogens (tertiary/aromatic N) is 4. The van der Waals surface area contributed by atoms with Crippen molar-refractivity contribution in [2.75, 3.05) is 0 Å². The quantitative estimate of drug-likeness (QED) is 0.128. The maximum Gasteiger partial charge on any atom is 0.168 e. The van der Waals surface area contributed by atoms with Gasteiger partial charge >= 0.3 is 0 Å². The predicted molar refractivity (Wildman–Crippen MR) is 243 cm³/mol. The lowest BCUT2D eigenvalue weighted by Crippen LogP contribution is -2.09. The molecule has 0 saturated carbocycles. The number of para-hydroxylation sites is 4. The first-order chi connectivity index (χ1) is 33.1. The highest BCUT2D eigenvalue weighted by atomic mass is 16.5. The van der Waals surface area contributed by atoms with E-state index in [9.17, 15) is 39.6 Å². The van der Waals surface area contributed by atoms with Crippen molar-refractivity contribution in [3.63, 3.8) is 0 Å². The number of aromatic hydroxyl groups is 4. The fourth-order valence-corrected chi connectivity index (χ4v) is 8.70. The van der Waals surface area contributed by atoms with Gasteiger partial charge in [-0.1, -0.05) is 69.2 Å². The third-order valence-electron chi connectivity index (χ3n) is 12.0. The molecule has 0 aliphatic heterocycles. The van der Waals surface area contributed by atoms with Crippen molar-refractivity contribution in [3.05, 3.63) is 142 Å². The minimum absolute atomic E-state index is 0.0470. The molecule has 344 valence electrons. The van der Waals surface area contributed by atoms with Crippen molar-refractivity contribution in [1.82, 2.24) is 20.6 Å². The third-order valence-corrected chi connectivity index (χ3v) is 12.0. The van der Waals surface area contributed by atoms with Gasteiger partial charge in [0.1, 0.15) is 68.8 Å². The van der Waals surface area contributed by atoms with Crippen LogP contribution in [0.3, 0.4) is 0 Å². The first-order valence-corrected chi connectivity index (χ1v) is 22.3. The summed E-state index contributed by atoms with van der Waals surface area (Å²) in [6.07, 6.45) is 8.27. The zero-order chi connectivity index (χ0) is 47.3. The van der Waals surface area contributed by atoms with Gasteiger partial charge in [-0.05, 0) is 74.2 Å². The molecule has 4 aromatic heterocycles. The molecule has 0 bridgehead atoms. The van der Waals surface area contributed by atoms with E-state index in [0.717, 1.165) is 51.4 Å². The van der Waals surface area contributed by atoms with Gasteiger partial charge in [0.05, 0.1) is 22.3 Å². The Bertz CT molecular complexity index is 2770. The lowest BCUT2D eigenvalue weighted by Gasteiger charge is -2.08. The molecule has 12 rings (SSSR count). The average Bonchev–Trinajstić information content (AvgIpc) is 4.17. The van der Waals surface area contributed by atoms with E-state index in [4.69, 9.17) is 18.1 Å². The van der Waals surface area contributed by atoms with E-state index in [1.165, 1.54) is 0 Å². The second-order valence-corrected chi connectivity index (χ2v) is 16.5. The third kappa shape index (κ3) is 8.95. The summed E-state index contributed by atoms with van der Waals surface area (Å²) in [6.45, 7) is 0. The Morgan fingerprint density at radius 2 is 0.515 bits per heavy atom. The Balaban J connectivity index is 0.000000113. The van der Waals surface area contributed by atoms with Gasteiger partial charge in [0.25, 0.3) is 0 Å². The van der Waals surface area contributed by atoms with Crippen molar-refractivity contribution in [2.24, 2.45) is 0 Å². The number of aryl methyl sites for hydroxylation is 4. The Hall–Kier alpha value is -8.40. The zero-order valence-corrected chi connectivity index (χ0v) is 36.6. The lowest BCUT2D eigenvalue weighted by molar-refractivity contribution is 0.0961. The minimum Gasteiger partial charge on any atom is -0.507 e. The summed E-state index contributed by atoms with van der Waals surface area (Å²) in [6, 6.07) is 27.3. The van der Waals surface area contributed by atoms with E-state index in [1.807, 2.05) is 0 Å². The van der Waals surface area contributed by atoms with E-state index >= 15 is 0 Å². The molecular weight excluding hydrogens is 873 g/mol. The molecule has 16 heteroatoms. The molecule has 0 saturated heterocycles. The SMILES string of the molecule is O=C1CCCc2onc(-c3ccccc3O)c21.O=C1CCCc2onc(-c3ccccc3O)c21.O=C1CCCc2onc(-c3ccccc3O)c21.O=C1CCCc2onc(-c3ccccc3O)c21. The topological polar surface area (TPSA) is 253 Å². The number of fused-ring (bicyclic) bond motifs is 4. The Morgan fingerprint density at radius 1 is 0.309 bits per heavy atom. The van der Waals surface area contributed by atoms with E-state index in [1.54, 1.807) is 97.1 Å². The summed E-state index contributed by atoms with van der Waals surface area (Å²) in [5.74, 6) is 3.19. The number of rotatable bonds is 4. The lowest BCUT2D eigenvalue weighted by atomic mass is 9.93. The monoisotopic (exact) mass is 916 g/mol. The fraction of sp³-hybridized carbons (Fsp3) is 0.231. The first kappa shape index (κ1) is 44.8. The highest BCUT2D eigenvalue weighted by Gasteiger charge is 2.31. The van der Waals surface area contributed by atoms with Crippen molar-refractivity contribution >= 4 is 23.1 Å². The molecule has 4 aliphatic rings. The number of carbonyl (C=O) groups is 4. The first-order valence-electron chi connectivity index (χ1n) is 22.3. The summed E-state index contributed by atoms with van der Waals surface area (Å²) < 4.78 is 20.7. The molecule has 4 aromatic carbocycles. The molecule has 0 radical (unpaired) electrons. The van der Waals surface area contributed by atoms with Crippen molar-refractivity contribution in [3.8, 4) is 68.0 Å². The van der Waals surface area contributed by atoms with Crippen LogP contribution in [-0.2, 0) is 25.7 Å². The number of aromatic nitrogens is 4. The standard InChI is InChI=1S/4C13H11NO3/c4*15-9-5-2-1-4-8(9)13-12-10(16)6-3-7-11(12)17-14-13/h4*1-2,4-5,15H,3,6-7H2. The Morgan fingerprint density at radius 3 is 0.721 bits per heavy atom. The summed E-state index contributed by atoms with van der Waals surface area (Å²) in [5.41, 5.74) is 6.20. The molecule has 4 heterocycles. The van der Waals surface area contributed by atoms with Gasteiger partial charge in [-0.15, -0.1) is 0 Å². The molecular formula is C52H44N4O12. The molecule has 4 N–H and O–H groups in total. The number of phenolic OH excluding ortho intramolecular Hbond substituents is 4. The highest BCUT2D eigenvalue weighted by molar-refractivity contribution is 6.05. The molecule has 0 amide bonds. The predicted octanol–water partition coefficient (Wildman–Crippen LogP) is 10.3. The molecule has 4 aliphatic carbocycles. The maximum absolute atomic E-state index is 11.9. The molecule has 16 nitrogen and oxygen atoms in total. The van der Waals surface area contributed by atoms with Crippen LogP contribution in [0, 0.1) is 0 Å². The number of Topliss-reactive ketones (excluding diaryl/α,β-unsaturated/α-hetero) is 4. The Kier molecular flexibility index (Phi) is 12.9. The van der Waals surface area contributed by atoms with Gasteiger partial charge in [-0.25, -0.2) is 0 Å². The maximum atomic E-state index is 11.9. The van der Waals surface area contributed by atoms with Crippen molar-refractivity contribution < 1.29 is 57.7 Å². The minimum atomic E-state index is 0.0470. The number of ketones is 4. The van der Waals surface area contributed by atoms with Crippen LogP contribution in [0.1, 0.15) is 116 Å². The van der Waals surface area contributed by atoms with Gasteiger partial charge in [0.15, 0.2) is 23.1 Å². The number of carbonyl (C=O) groups excluding carboxylic acids is 4. The van der Waals surface area contributed by atoms with E-state index in [0.29, 0.717) is 116 Å². The molecule has 0 spiro atoms. The number of hydrogen-bond donors (Lipinski definition) is 4. The van der Waals surface area contributed by atoms with Gasteiger partial charge in [-0.2, -0.15) is 0 Å². The summed E-state index contributed by atoms with van der Waals surface area (Å²) in [7, 11) is 0. The van der Waals surface area contributed by atoms with Crippen molar-refractivity contribution in [1.29, 1.82) is 0 Å². The van der Waals surface area contributed by atoms with Gasteiger partial charge in [0, 0.05) is 73.6 Å². The Labute approximate surface area is 387 Å². The van der Waals surface area contributed by atoms with E-state index < -0.39 is 0 Å².